The number of primary amides is 1. The molecule has 1 aliphatic heterocycles. The minimum atomic E-state index is -0.630. The number of benzene rings is 2. The highest BCUT2D eigenvalue weighted by Gasteiger charge is 2.36. The second kappa shape index (κ2) is 8.39. The first kappa shape index (κ1) is 21.8. The van der Waals surface area contributed by atoms with Gasteiger partial charge in [-0.3, -0.25) is 9.36 Å². The van der Waals surface area contributed by atoms with Crippen LogP contribution in [0.4, 0.5) is 0 Å². The third-order valence-electron chi connectivity index (χ3n) is 5.93. The molecule has 35 heavy (non-hydrogen) atoms. The van der Waals surface area contributed by atoms with Gasteiger partial charge in [-0.05, 0) is 42.0 Å². The van der Waals surface area contributed by atoms with Crippen molar-refractivity contribution in [1.29, 1.82) is 5.26 Å². The van der Waals surface area contributed by atoms with Crippen LogP contribution in [0.5, 0.6) is 11.6 Å². The molecule has 2 aromatic carbocycles. The Morgan fingerprint density at radius 3 is 2.51 bits per heavy atom. The SMILES string of the molecule is COc1ccc(-c2nn(C)c3c2C(c2ccc(-n4ccnc4C(N)=O)cc2)C(C#N)=C(N)O3)cc1. The molecule has 4 N–H and O–H groups in total. The topological polar surface area (TPSA) is 147 Å². The van der Waals surface area contributed by atoms with Crippen molar-refractivity contribution in [1.82, 2.24) is 19.3 Å². The number of rotatable bonds is 5. The minimum absolute atomic E-state index is 0.0315. The number of fused-ring (bicyclic) bond motifs is 1. The molecule has 1 atom stereocenters. The molecule has 0 saturated heterocycles. The summed E-state index contributed by atoms with van der Waals surface area (Å²) in [6, 6.07) is 17.1. The van der Waals surface area contributed by atoms with Crippen LogP contribution in [0.1, 0.15) is 27.7 Å². The summed E-state index contributed by atoms with van der Waals surface area (Å²) in [7, 11) is 3.37. The highest BCUT2D eigenvalue weighted by atomic mass is 16.5. The Morgan fingerprint density at radius 2 is 1.89 bits per heavy atom. The third-order valence-corrected chi connectivity index (χ3v) is 5.93. The lowest BCUT2D eigenvalue weighted by molar-refractivity contribution is 0.0989. The molecule has 1 aliphatic rings. The molecular formula is C25H21N7O3. The Balaban J connectivity index is 1.64. The van der Waals surface area contributed by atoms with Gasteiger partial charge in [-0.15, -0.1) is 0 Å². The molecule has 0 radical (unpaired) electrons. The quantitative estimate of drug-likeness (QED) is 0.458. The Hall–Kier alpha value is -5.04. The Bertz CT molecular complexity index is 1510. The largest absolute Gasteiger partial charge is 0.497 e. The Morgan fingerprint density at radius 1 is 1.17 bits per heavy atom. The van der Waals surface area contributed by atoms with E-state index < -0.39 is 11.8 Å². The minimum Gasteiger partial charge on any atom is -0.497 e. The molecule has 10 heteroatoms. The van der Waals surface area contributed by atoms with Gasteiger partial charge in [-0.25, -0.2) is 9.67 Å². The fourth-order valence-corrected chi connectivity index (χ4v) is 4.29. The van der Waals surface area contributed by atoms with E-state index in [-0.39, 0.29) is 17.3 Å². The molecule has 0 saturated carbocycles. The summed E-state index contributed by atoms with van der Waals surface area (Å²) in [6.07, 6.45) is 3.16. The zero-order chi connectivity index (χ0) is 24.7. The van der Waals surface area contributed by atoms with Gasteiger partial charge in [0.15, 0.2) is 0 Å². The van der Waals surface area contributed by atoms with Crippen LogP contribution in [0.2, 0.25) is 0 Å². The summed E-state index contributed by atoms with van der Waals surface area (Å²) in [6.45, 7) is 0. The van der Waals surface area contributed by atoms with Crippen molar-refractivity contribution in [3.63, 3.8) is 0 Å². The molecule has 2 aromatic heterocycles. The van der Waals surface area contributed by atoms with E-state index in [4.69, 9.17) is 20.9 Å². The Kier molecular flexibility index (Phi) is 5.22. The van der Waals surface area contributed by atoms with E-state index in [0.717, 1.165) is 22.4 Å². The van der Waals surface area contributed by atoms with Crippen molar-refractivity contribution in [2.24, 2.45) is 18.5 Å². The molecule has 0 fully saturated rings. The molecule has 0 spiro atoms. The molecule has 0 bridgehead atoms. The molecule has 1 unspecified atom stereocenters. The van der Waals surface area contributed by atoms with Gasteiger partial charge in [-0.2, -0.15) is 10.4 Å². The van der Waals surface area contributed by atoms with E-state index in [1.807, 2.05) is 48.5 Å². The van der Waals surface area contributed by atoms with Gasteiger partial charge >= 0.3 is 0 Å². The molecular weight excluding hydrogens is 446 g/mol. The first-order valence-electron chi connectivity index (χ1n) is 10.6. The predicted molar refractivity (Wildman–Crippen MR) is 127 cm³/mol. The number of nitriles is 1. The van der Waals surface area contributed by atoms with E-state index in [1.54, 1.807) is 29.6 Å². The second-order valence-electron chi connectivity index (χ2n) is 7.92. The van der Waals surface area contributed by atoms with Gasteiger partial charge in [-0.1, -0.05) is 12.1 Å². The number of hydrogen-bond acceptors (Lipinski definition) is 7. The van der Waals surface area contributed by atoms with Crippen LogP contribution in [0.15, 0.2) is 72.4 Å². The van der Waals surface area contributed by atoms with Gasteiger partial charge < -0.3 is 20.9 Å². The predicted octanol–water partition coefficient (Wildman–Crippen LogP) is 2.60. The van der Waals surface area contributed by atoms with Crippen LogP contribution in [0, 0.1) is 11.3 Å². The number of amides is 1. The lowest BCUT2D eigenvalue weighted by Crippen LogP contribution is -2.22. The standard InChI is InChI=1S/C25H21N7O3/c1-31-25-20(21(30-31)15-5-9-17(34-2)10-6-15)19(18(13-26)23(28)35-25)14-3-7-16(8-4-14)32-12-11-29-24(32)22(27)33/h3-12,19H,28H2,1-2H3,(H2,27,33). The Labute approximate surface area is 200 Å². The van der Waals surface area contributed by atoms with Crippen LogP contribution >= 0.6 is 0 Å². The van der Waals surface area contributed by atoms with E-state index >= 15 is 0 Å². The van der Waals surface area contributed by atoms with Crippen molar-refractivity contribution in [2.75, 3.05) is 7.11 Å². The molecule has 5 rings (SSSR count). The van der Waals surface area contributed by atoms with Crippen LogP contribution in [-0.4, -0.2) is 32.3 Å². The average molecular weight is 467 g/mol. The van der Waals surface area contributed by atoms with Gasteiger partial charge in [0.05, 0.1) is 18.6 Å². The van der Waals surface area contributed by atoms with E-state index in [0.29, 0.717) is 17.3 Å². The van der Waals surface area contributed by atoms with Crippen LogP contribution < -0.4 is 20.9 Å². The monoisotopic (exact) mass is 467 g/mol. The summed E-state index contributed by atoms with van der Waals surface area (Å²) in [5.74, 6) is 0.203. The van der Waals surface area contributed by atoms with E-state index in [1.165, 1.54) is 6.20 Å². The van der Waals surface area contributed by atoms with Gasteiger partial charge in [0.2, 0.25) is 17.6 Å². The zero-order valence-electron chi connectivity index (χ0n) is 19.0. The lowest BCUT2D eigenvalue weighted by atomic mass is 9.83. The summed E-state index contributed by atoms with van der Waals surface area (Å²) < 4.78 is 14.3. The fraction of sp³-hybridized carbons (Fsp3) is 0.120. The molecule has 1 amide bonds. The molecule has 0 aliphatic carbocycles. The maximum atomic E-state index is 11.7. The number of hydrogen-bond donors (Lipinski definition) is 2. The van der Waals surface area contributed by atoms with Crippen LogP contribution in [-0.2, 0) is 7.05 Å². The highest BCUT2D eigenvalue weighted by molar-refractivity contribution is 5.89. The maximum Gasteiger partial charge on any atom is 0.285 e. The number of methoxy groups -OCH3 is 1. The second-order valence-corrected chi connectivity index (χ2v) is 7.92. The van der Waals surface area contributed by atoms with Crippen molar-refractivity contribution < 1.29 is 14.3 Å². The summed E-state index contributed by atoms with van der Waals surface area (Å²) in [4.78, 5) is 15.7. The first-order valence-corrected chi connectivity index (χ1v) is 10.6. The maximum absolute atomic E-state index is 11.7. The number of aryl methyl sites for hydroxylation is 1. The fourth-order valence-electron chi connectivity index (χ4n) is 4.29. The van der Waals surface area contributed by atoms with Crippen LogP contribution in [0.3, 0.4) is 0 Å². The highest BCUT2D eigenvalue weighted by Crippen LogP contribution is 2.46. The van der Waals surface area contributed by atoms with E-state index in [9.17, 15) is 10.1 Å². The lowest BCUT2D eigenvalue weighted by Gasteiger charge is -2.25. The van der Waals surface area contributed by atoms with Crippen LogP contribution in [0.25, 0.3) is 16.9 Å². The number of allylic oxidation sites excluding steroid dienone is 1. The smallest absolute Gasteiger partial charge is 0.285 e. The number of nitrogens with zero attached hydrogens (tertiary/aromatic N) is 5. The molecule has 3 heterocycles. The number of nitrogens with two attached hydrogens (primary N) is 2. The van der Waals surface area contributed by atoms with Gasteiger partial charge in [0.25, 0.3) is 5.91 Å². The van der Waals surface area contributed by atoms with Gasteiger partial charge in [0.1, 0.15) is 23.1 Å². The van der Waals surface area contributed by atoms with E-state index in [2.05, 4.69) is 16.2 Å². The van der Waals surface area contributed by atoms with Gasteiger partial charge in [0, 0.05) is 30.7 Å². The number of ether oxygens (including phenoxy) is 2. The molecule has 174 valence electrons. The average Bonchev–Trinajstić information content (AvgIpc) is 3.49. The number of imidazole rings is 1. The normalized spacial score (nSPS) is 14.7. The van der Waals surface area contributed by atoms with Crippen molar-refractivity contribution in [2.45, 2.75) is 5.92 Å². The number of carbonyl (C=O) groups is 1. The zero-order valence-corrected chi connectivity index (χ0v) is 19.0. The number of aromatic nitrogens is 4. The summed E-state index contributed by atoms with van der Waals surface area (Å²) >= 11 is 0. The van der Waals surface area contributed by atoms with Crippen molar-refractivity contribution in [3.8, 4) is 34.6 Å². The summed E-state index contributed by atoms with van der Waals surface area (Å²) in [5, 5.41) is 14.7. The molecule has 4 aromatic rings. The van der Waals surface area contributed by atoms with Crippen molar-refractivity contribution in [3.05, 3.63) is 89.3 Å². The third kappa shape index (κ3) is 3.55. The number of carbonyl (C=O) groups excluding carboxylic acids is 1. The summed E-state index contributed by atoms with van der Waals surface area (Å²) in [5.41, 5.74) is 15.6. The van der Waals surface area contributed by atoms with Crippen molar-refractivity contribution >= 4 is 5.91 Å². The molecule has 10 nitrogen and oxygen atoms in total. The first-order chi connectivity index (χ1) is 16.9.